The third-order valence-electron chi connectivity index (χ3n) is 4.32. The predicted octanol–water partition coefficient (Wildman–Crippen LogP) is 3.82. The number of anilines is 1. The first-order valence-corrected chi connectivity index (χ1v) is 10.5. The number of nitrogens with one attached hydrogen (secondary N) is 1. The summed E-state index contributed by atoms with van der Waals surface area (Å²) >= 11 is 6.14. The Morgan fingerprint density at radius 1 is 1.04 bits per heavy atom. The average Bonchev–Trinajstić information content (AvgIpc) is 2.65. The number of fused-ring (bicyclic) bond motifs is 1. The van der Waals surface area contributed by atoms with Gasteiger partial charge in [0.25, 0.3) is 5.91 Å². The maximum Gasteiger partial charge on any atom is 0.253 e. The average molecular weight is 403 g/mol. The van der Waals surface area contributed by atoms with Crippen molar-refractivity contribution in [3.63, 3.8) is 0 Å². The summed E-state index contributed by atoms with van der Waals surface area (Å²) in [4.78, 5) is 12.6. The Kier molecular flexibility index (Phi) is 5.39. The molecule has 0 aliphatic heterocycles. The number of nitrogens with zero attached hydrogens (tertiary/aromatic N) is 1. The van der Waals surface area contributed by atoms with E-state index in [0.29, 0.717) is 12.2 Å². The Labute approximate surface area is 163 Å². The highest BCUT2D eigenvalue weighted by atomic mass is 35.5. The molecule has 0 spiro atoms. The van der Waals surface area contributed by atoms with E-state index in [1.165, 1.54) is 19.2 Å². The number of carbonyl (C=O) groups excluding carboxylic acids is 1. The van der Waals surface area contributed by atoms with Crippen molar-refractivity contribution in [1.29, 1.82) is 0 Å². The second-order valence-corrected chi connectivity index (χ2v) is 8.68. The smallest absolute Gasteiger partial charge is 0.253 e. The van der Waals surface area contributed by atoms with Crippen LogP contribution in [0.1, 0.15) is 15.9 Å². The van der Waals surface area contributed by atoms with Crippen LogP contribution in [-0.2, 0) is 16.6 Å². The van der Waals surface area contributed by atoms with Crippen LogP contribution in [0.4, 0.5) is 5.69 Å². The molecule has 0 saturated heterocycles. The van der Waals surface area contributed by atoms with E-state index < -0.39 is 10.0 Å². The number of hydrogen-bond acceptors (Lipinski definition) is 3. The Morgan fingerprint density at radius 3 is 2.44 bits per heavy atom. The van der Waals surface area contributed by atoms with E-state index in [9.17, 15) is 13.2 Å². The molecule has 3 aromatic rings. The second kappa shape index (κ2) is 7.58. The summed E-state index contributed by atoms with van der Waals surface area (Å²) < 4.78 is 24.5. The van der Waals surface area contributed by atoms with Gasteiger partial charge in [0.05, 0.1) is 22.5 Å². The van der Waals surface area contributed by atoms with E-state index in [0.717, 1.165) is 26.9 Å². The lowest BCUT2D eigenvalue weighted by Crippen LogP contribution is -2.26. The SMILES string of the molecule is CN(c1ccc(Cl)c(C(=O)NCc2ccc3ccccc3c2)c1)S(C)(=O)=O. The number of rotatable bonds is 5. The van der Waals surface area contributed by atoms with E-state index >= 15 is 0 Å². The van der Waals surface area contributed by atoms with Crippen LogP contribution in [0.15, 0.2) is 60.7 Å². The summed E-state index contributed by atoms with van der Waals surface area (Å²) in [6.07, 6.45) is 1.10. The highest BCUT2D eigenvalue weighted by Gasteiger charge is 2.16. The molecule has 0 radical (unpaired) electrons. The third-order valence-corrected chi connectivity index (χ3v) is 5.86. The van der Waals surface area contributed by atoms with Gasteiger partial charge >= 0.3 is 0 Å². The fourth-order valence-electron chi connectivity index (χ4n) is 2.70. The van der Waals surface area contributed by atoms with Crippen LogP contribution in [-0.4, -0.2) is 27.6 Å². The standard InChI is InChI=1S/C20H19ClN2O3S/c1-23(27(2,25)26)17-9-10-19(21)18(12-17)20(24)22-13-14-7-8-15-5-3-4-6-16(15)11-14/h3-12H,13H2,1-2H3,(H,22,24). The van der Waals surface area contributed by atoms with Gasteiger partial charge in [-0.1, -0.05) is 48.0 Å². The maximum absolute atomic E-state index is 12.6. The fourth-order valence-corrected chi connectivity index (χ4v) is 3.40. The van der Waals surface area contributed by atoms with Crippen LogP contribution in [0.5, 0.6) is 0 Å². The van der Waals surface area contributed by atoms with Crippen LogP contribution in [0.3, 0.4) is 0 Å². The zero-order valence-electron chi connectivity index (χ0n) is 14.9. The van der Waals surface area contributed by atoms with E-state index in [1.54, 1.807) is 6.07 Å². The number of amides is 1. The molecule has 3 rings (SSSR count). The molecule has 3 aromatic carbocycles. The van der Waals surface area contributed by atoms with E-state index in [1.807, 2.05) is 42.5 Å². The van der Waals surface area contributed by atoms with E-state index in [2.05, 4.69) is 5.32 Å². The van der Waals surface area contributed by atoms with Crippen molar-refractivity contribution >= 4 is 44.0 Å². The van der Waals surface area contributed by atoms with Gasteiger partial charge in [-0.05, 0) is 40.6 Å². The number of halogens is 1. The van der Waals surface area contributed by atoms with Gasteiger partial charge in [-0.25, -0.2) is 8.42 Å². The van der Waals surface area contributed by atoms with Gasteiger partial charge in [-0.2, -0.15) is 0 Å². The molecule has 7 heteroatoms. The number of hydrogen-bond donors (Lipinski definition) is 1. The van der Waals surface area contributed by atoms with Crippen LogP contribution in [0.25, 0.3) is 10.8 Å². The largest absolute Gasteiger partial charge is 0.348 e. The third kappa shape index (κ3) is 4.40. The predicted molar refractivity (Wildman–Crippen MR) is 110 cm³/mol. The quantitative estimate of drug-likeness (QED) is 0.705. The van der Waals surface area contributed by atoms with E-state index in [-0.39, 0.29) is 16.5 Å². The summed E-state index contributed by atoms with van der Waals surface area (Å²) in [6, 6.07) is 18.5. The Bertz CT molecular complexity index is 1110. The molecule has 1 amide bonds. The zero-order chi connectivity index (χ0) is 19.6. The van der Waals surface area contributed by atoms with Gasteiger partial charge in [0.2, 0.25) is 10.0 Å². The van der Waals surface area contributed by atoms with Gasteiger partial charge in [0.15, 0.2) is 0 Å². The molecule has 0 saturated carbocycles. The first-order valence-electron chi connectivity index (χ1n) is 8.25. The van der Waals surface area contributed by atoms with Crippen LogP contribution in [0.2, 0.25) is 5.02 Å². The normalized spacial score (nSPS) is 11.4. The molecular formula is C20H19ClN2O3S. The fraction of sp³-hybridized carbons (Fsp3) is 0.150. The minimum atomic E-state index is -3.43. The number of sulfonamides is 1. The second-order valence-electron chi connectivity index (χ2n) is 6.26. The Balaban J connectivity index is 1.79. The molecule has 27 heavy (non-hydrogen) atoms. The topological polar surface area (TPSA) is 66.5 Å². The minimum Gasteiger partial charge on any atom is -0.348 e. The molecule has 1 N–H and O–H groups in total. The van der Waals surface area contributed by atoms with Crippen molar-refractivity contribution in [3.8, 4) is 0 Å². The van der Waals surface area contributed by atoms with Gasteiger partial charge in [-0.15, -0.1) is 0 Å². The molecule has 5 nitrogen and oxygen atoms in total. The summed E-state index contributed by atoms with van der Waals surface area (Å²) in [6.45, 7) is 0.339. The van der Waals surface area contributed by atoms with Crippen molar-refractivity contribution in [3.05, 3.63) is 76.8 Å². The van der Waals surface area contributed by atoms with Crippen LogP contribution in [0, 0.1) is 0 Å². The summed E-state index contributed by atoms with van der Waals surface area (Å²) in [7, 11) is -2.00. The minimum absolute atomic E-state index is 0.227. The summed E-state index contributed by atoms with van der Waals surface area (Å²) in [5.41, 5.74) is 1.56. The zero-order valence-corrected chi connectivity index (χ0v) is 16.5. The number of benzene rings is 3. The van der Waals surface area contributed by atoms with Gasteiger partial charge in [0, 0.05) is 13.6 Å². The monoisotopic (exact) mass is 402 g/mol. The molecule has 0 fully saturated rings. The van der Waals surface area contributed by atoms with Crippen molar-refractivity contribution in [2.75, 3.05) is 17.6 Å². The Morgan fingerprint density at radius 2 is 1.74 bits per heavy atom. The molecule has 0 aromatic heterocycles. The first kappa shape index (κ1) is 19.2. The van der Waals surface area contributed by atoms with Crippen molar-refractivity contribution in [2.45, 2.75) is 6.54 Å². The highest BCUT2D eigenvalue weighted by molar-refractivity contribution is 7.92. The Hall–Kier alpha value is -2.57. The molecule has 0 unspecified atom stereocenters. The summed E-state index contributed by atoms with van der Waals surface area (Å²) in [5, 5.41) is 5.32. The molecule has 0 atom stereocenters. The lowest BCUT2D eigenvalue weighted by molar-refractivity contribution is 0.0951. The van der Waals surface area contributed by atoms with E-state index in [4.69, 9.17) is 11.6 Å². The lowest BCUT2D eigenvalue weighted by atomic mass is 10.1. The molecule has 0 aliphatic rings. The van der Waals surface area contributed by atoms with Gasteiger partial charge in [-0.3, -0.25) is 9.10 Å². The van der Waals surface area contributed by atoms with Gasteiger partial charge < -0.3 is 5.32 Å². The van der Waals surface area contributed by atoms with Crippen molar-refractivity contribution in [2.24, 2.45) is 0 Å². The maximum atomic E-state index is 12.6. The van der Waals surface area contributed by atoms with Crippen LogP contribution < -0.4 is 9.62 Å². The lowest BCUT2D eigenvalue weighted by Gasteiger charge is -2.18. The molecule has 140 valence electrons. The number of carbonyl (C=O) groups is 1. The molecular weight excluding hydrogens is 384 g/mol. The van der Waals surface area contributed by atoms with Crippen LogP contribution >= 0.6 is 11.6 Å². The van der Waals surface area contributed by atoms with Crippen molar-refractivity contribution < 1.29 is 13.2 Å². The van der Waals surface area contributed by atoms with Crippen molar-refractivity contribution in [1.82, 2.24) is 5.32 Å². The highest BCUT2D eigenvalue weighted by Crippen LogP contribution is 2.24. The first-order chi connectivity index (χ1) is 12.8. The molecule has 0 aliphatic carbocycles. The summed E-state index contributed by atoms with van der Waals surface area (Å²) in [5.74, 6) is -0.364. The molecule has 0 heterocycles. The van der Waals surface area contributed by atoms with Gasteiger partial charge in [0.1, 0.15) is 0 Å². The molecule has 0 bridgehead atoms.